The van der Waals surface area contributed by atoms with Crippen LogP contribution < -0.4 is 14.2 Å². The van der Waals surface area contributed by atoms with Gasteiger partial charge >= 0.3 is 12.6 Å². The lowest BCUT2D eigenvalue weighted by Crippen LogP contribution is -2.04. The van der Waals surface area contributed by atoms with Gasteiger partial charge in [-0.2, -0.15) is 8.78 Å². The maximum atomic E-state index is 12.3. The number of esters is 1. The fourth-order valence-electron chi connectivity index (χ4n) is 1.96. The first-order valence-electron chi connectivity index (χ1n) is 7.16. The number of alkyl halides is 2. The first-order chi connectivity index (χ1) is 12.4. The number of rotatable bonds is 7. The summed E-state index contributed by atoms with van der Waals surface area (Å²) in [7, 11) is 1.29. The van der Waals surface area contributed by atoms with Gasteiger partial charge in [-0.15, -0.1) is 0 Å². The molecule has 7 nitrogen and oxygen atoms in total. The minimum Gasteiger partial charge on any atom is -0.493 e. The van der Waals surface area contributed by atoms with Crippen molar-refractivity contribution in [1.29, 1.82) is 0 Å². The van der Waals surface area contributed by atoms with Crippen LogP contribution in [0, 0.1) is 10.1 Å². The Hall–Kier alpha value is -3.49. The molecule has 0 bridgehead atoms. The quantitative estimate of drug-likeness (QED) is 0.244. The molecule has 0 radical (unpaired) electrons. The Morgan fingerprint density at radius 2 is 1.96 bits per heavy atom. The van der Waals surface area contributed by atoms with Gasteiger partial charge in [0.25, 0.3) is 5.69 Å². The number of carbonyl (C=O) groups excluding carboxylic acids is 1. The van der Waals surface area contributed by atoms with Crippen molar-refractivity contribution >= 4 is 17.7 Å². The first-order valence-corrected chi connectivity index (χ1v) is 7.16. The minimum absolute atomic E-state index is 0.0205. The van der Waals surface area contributed by atoms with Crippen LogP contribution in [0.1, 0.15) is 5.56 Å². The molecule has 0 spiro atoms. The first kappa shape index (κ1) is 18.8. The molecule has 0 fully saturated rings. The van der Waals surface area contributed by atoms with E-state index in [2.05, 4.69) is 4.74 Å². The van der Waals surface area contributed by atoms with E-state index in [1.54, 1.807) is 0 Å². The summed E-state index contributed by atoms with van der Waals surface area (Å²) in [4.78, 5) is 21.9. The normalized spacial score (nSPS) is 10.8. The molecule has 0 aromatic heterocycles. The molecule has 0 heterocycles. The van der Waals surface area contributed by atoms with Crippen LogP contribution in [0.15, 0.2) is 48.5 Å². The van der Waals surface area contributed by atoms with Crippen LogP contribution in [0.2, 0.25) is 0 Å². The van der Waals surface area contributed by atoms with Crippen LogP contribution in [0.5, 0.6) is 17.2 Å². The SMILES string of the molecule is COc1cc(/C=C/C(=O)Oc2cccc([N+](=O)[O-])c2)ccc1OC(F)F. The number of nitro benzene ring substituents is 1. The number of halogens is 2. The second-order valence-corrected chi connectivity index (χ2v) is 4.80. The molecular weight excluding hydrogens is 352 g/mol. The van der Waals surface area contributed by atoms with Crippen LogP contribution >= 0.6 is 0 Å². The number of nitro groups is 1. The van der Waals surface area contributed by atoms with Gasteiger partial charge in [0.05, 0.1) is 18.1 Å². The summed E-state index contributed by atoms with van der Waals surface area (Å²) in [6.07, 6.45) is 2.45. The van der Waals surface area contributed by atoms with Crippen LogP contribution in [-0.2, 0) is 4.79 Å². The van der Waals surface area contributed by atoms with E-state index in [4.69, 9.17) is 9.47 Å². The topological polar surface area (TPSA) is 87.9 Å². The Bertz CT molecular complexity index is 838. The fraction of sp³-hybridized carbons (Fsp3) is 0.118. The van der Waals surface area contributed by atoms with Gasteiger partial charge in [0.2, 0.25) is 0 Å². The molecule has 0 saturated carbocycles. The number of hydrogen-bond donors (Lipinski definition) is 0. The van der Waals surface area contributed by atoms with Crippen molar-refractivity contribution in [3.8, 4) is 17.2 Å². The number of benzene rings is 2. The lowest BCUT2D eigenvalue weighted by Gasteiger charge is -2.10. The zero-order valence-corrected chi connectivity index (χ0v) is 13.4. The van der Waals surface area contributed by atoms with E-state index >= 15 is 0 Å². The summed E-state index contributed by atoms with van der Waals surface area (Å²) in [5.74, 6) is -0.817. The Morgan fingerprint density at radius 3 is 2.62 bits per heavy atom. The highest BCUT2D eigenvalue weighted by atomic mass is 19.3. The molecule has 0 aliphatic heterocycles. The third-order valence-electron chi connectivity index (χ3n) is 3.06. The predicted octanol–water partition coefficient (Wildman–Crippen LogP) is 3.82. The van der Waals surface area contributed by atoms with Gasteiger partial charge in [-0.1, -0.05) is 12.1 Å². The predicted molar refractivity (Wildman–Crippen MR) is 87.4 cm³/mol. The summed E-state index contributed by atoms with van der Waals surface area (Å²) in [5, 5.41) is 10.7. The summed E-state index contributed by atoms with van der Waals surface area (Å²) in [6, 6.07) is 9.28. The van der Waals surface area contributed by atoms with Crippen molar-refractivity contribution in [2.45, 2.75) is 6.61 Å². The van der Waals surface area contributed by atoms with Crippen molar-refractivity contribution in [2.75, 3.05) is 7.11 Å². The summed E-state index contributed by atoms with van der Waals surface area (Å²) in [6.45, 7) is -2.99. The molecule has 0 N–H and O–H groups in total. The molecule has 0 unspecified atom stereocenters. The summed E-state index contributed by atoms with van der Waals surface area (Å²) >= 11 is 0. The highest BCUT2D eigenvalue weighted by Crippen LogP contribution is 2.29. The summed E-state index contributed by atoms with van der Waals surface area (Å²) < 4.78 is 38.8. The van der Waals surface area contributed by atoms with Crippen LogP contribution in [0.4, 0.5) is 14.5 Å². The maximum absolute atomic E-state index is 12.3. The number of methoxy groups -OCH3 is 1. The Labute approximate surface area is 146 Å². The second kappa shape index (κ2) is 8.56. The van der Waals surface area contributed by atoms with E-state index in [1.165, 1.54) is 49.6 Å². The lowest BCUT2D eigenvalue weighted by molar-refractivity contribution is -0.384. The van der Waals surface area contributed by atoms with E-state index in [9.17, 15) is 23.7 Å². The van der Waals surface area contributed by atoms with Crippen molar-refractivity contribution in [2.24, 2.45) is 0 Å². The molecule has 0 aliphatic carbocycles. The summed E-state index contributed by atoms with van der Waals surface area (Å²) in [5.41, 5.74) is 0.262. The second-order valence-electron chi connectivity index (χ2n) is 4.80. The zero-order valence-electron chi connectivity index (χ0n) is 13.4. The van der Waals surface area contributed by atoms with Crippen LogP contribution in [-0.4, -0.2) is 24.6 Å². The van der Waals surface area contributed by atoms with Crippen molar-refractivity contribution in [3.63, 3.8) is 0 Å². The molecule has 9 heteroatoms. The number of ether oxygens (including phenoxy) is 3. The van der Waals surface area contributed by atoms with Gasteiger partial charge in [0.1, 0.15) is 5.75 Å². The maximum Gasteiger partial charge on any atom is 0.387 e. The third kappa shape index (κ3) is 5.26. The molecule has 0 aliphatic rings. The standard InChI is InChI=1S/C17H13F2NO6/c1-24-15-9-11(5-7-14(15)26-17(18)19)6-8-16(21)25-13-4-2-3-12(10-13)20(22)23/h2-10,17H,1H3/b8-6+. The zero-order chi connectivity index (χ0) is 19.1. The fourth-order valence-corrected chi connectivity index (χ4v) is 1.96. The molecular formula is C17H13F2NO6. The van der Waals surface area contributed by atoms with Crippen LogP contribution in [0.3, 0.4) is 0 Å². The molecule has 26 heavy (non-hydrogen) atoms. The van der Waals surface area contributed by atoms with Gasteiger partial charge in [0, 0.05) is 12.1 Å². The molecule has 136 valence electrons. The highest BCUT2D eigenvalue weighted by molar-refractivity contribution is 5.88. The third-order valence-corrected chi connectivity index (χ3v) is 3.06. The van der Waals surface area contributed by atoms with Crippen LogP contribution in [0.25, 0.3) is 6.08 Å². The van der Waals surface area contributed by atoms with Gasteiger partial charge in [0.15, 0.2) is 11.5 Å². The van der Waals surface area contributed by atoms with E-state index in [1.807, 2.05) is 0 Å². The van der Waals surface area contributed by atoms with Crippen molar-refractivity contribution in [1.82, 2.24) is 0 Å². The number of non-ortho nitro benzene ring substituents is 1. The minimum atomic E-state index is -2.99. The number of nitrogens with zero attached hydrogens (tertiary/aromatic N) is 1. The average Bonchev–Trinajstić information content (AvgIpc) is 2.60. The number of carbonyl (C=O) groups is 1. The van der Waals surface area contributed by atoms with Crippen molar-refractivity contribution < 1.29 is 32.7 Å². The molecule has 0 saturated heterocycles. The smallest absolute Gasteiger partial charge is 0.387 e. The van der Waals surface area contributed by atoms with Gasteiger partial charge in [-0.25, -0.2) is 4.79 Å². The molecule has 2 aromatic carbocycles. The Morgan fingerprint density at radius 1 is 1.19 bits per heavy atom. The largest absolute Gasteiger partial charge is 0.493 e. The van der Waals surface area contributed by atoms with E-state index in [0.717, 1.165) is 12.1 Å². The lowest BCUT2D eigenvalue weighted by atomic mass is 10.2. The van der Waals surface area contributed by atoms with Crippen molar-refractivity contribution in [3.05, 3.63) is 64.2 Å². The Kier molecular flexibility index (Phi) is 6.20. The molecule has 2 aromatic rings. The van der Waals surface area contributed by atoms with Gasteiger partial charge in [-0.05, 0) is 29.8 Å². The highest BCUT2D eigenvalue weighted by Gasteiger charge is 2.11. The Balaban J connectivity index is 2.08. The van der Waals surface area contributed by atoms with Gasteiger partial charge in [-0.3, -0.25) is 10.1 Å². The van der Waals surface area contributed by atoms with E-state index in [-0.39, 0.29) is 22.9 Å². The molecule has 0 atom stereocenters. The van der Waals surface area contributed by atoms with E-state index < -0.39 is 17.5 Å². The number of hydrogen-bond acceptors (Lipinski definition) is 6. The average molecular weight is 365 g/mol. The molecule has 2 rings (SSSR count). The monoisotopic (exact) mass is 365 g/mol. The van der Waals surface area contributed by atoms with E-state index in [0.29, 0.717) is 5.56 Å². The van der Waals surface area contributed by atoms with Gasteiger partial charge < -0.3 is 14.2 Å². The molecule has 0 amide bonds.